The Bertz CT molecular complexity index is 624. The number of fused-ring (bicyclic) bond motifs is 3. The third kappa shape index (κ3) is 1.62. The van der Waals surface area contributed by atoms with Gasteiger partial charge in [0.2, 0.25) is 0 Å². The lowest BCUT2D eigenvalue weighted by Crippen LogP contribution is -2.19. The van der Waals surface area contributed by atoms with Crippen molar-refractivity contribution in [1.82, 2.24) is 0 Å². The van der Waals surface area contributed by atoms with Crippen molar-refractivity contribution < 1.29 is 0 Å². The Morgan fingerprint density at radius 2 is 1.58 bits per heavy atom. The van der Waals surface area contributed by atoms with Gasteiger partial charge in [-0.3, -0.25) is 0 Å². The fourth-order valence-corrected chi connectivity index (χ4v) is 4.16. The first kappa shape index (κ1) is 11.6. The maximum Gasteiger partial charge on any atom is 0.131 e. The highest BCUT2D eigenvalue weighted by Crippen LogP contribution is 2.72. The van der Waals surface area contributed by atoms with Crippen molar-refractivity contribution in [3.63, 3.8) is 0 Å². The Morgan fingerprint density at radius 3 is 2.37 bits per heavy atom. The van der Waals surface area contributed by atoms with Gasteiger partial charge < -0.3 is 5.32 Å². The first-order valence-corrected chi connectivity index (χ1v) is 7.23. The molecule has 3 unspecified atom stereocenters. The maximum absolute atomic E-state index is 6.51. The number of nitrogens with one attached hydrogen (secondary N) is 1. The van der Waals surface area contributed by atoms with Crippen LogP contribution in [-0.2, 0) is 0 Å². The first-order chi connectivity index (χ1) is 9.19. The molecule has 3 heteroatoms. The van der Waals surface area contributed by atoms with Crippen molar-refractivity contribution in [1.29, 1.82) is 0 Å². The van der Waals surface area contributed by atoms with Crippen molar-refractivity contribution in [2.24, 2.45) is 5.92 Å². The number of halogens is 2. The molecule has 96 valence electrons. The third-order valence-corrected chi connectivity index (χ3v) is 5.21. The molecule has 0 saturated heterocycles. The lowest BCUT2D eigenvalue weighted by Gasteiger charge is -2.26. The van der Waals surface area contributed by atoms with Gasteiger partial charge in [-0.1, -0.05) is 48.5 Å². The van der Waals surface area contributed by atoms with Gasteiger partial charge in [-0.05, 0) is 17.2 Å². The highest BCUT2D eigenvalue weighted by atomic mass is 35.5. The summed E-state index contributed by atoms with van der Waals surface area (Å²) in [7, 11) is 0. The summed E-state index contributed by atoms with van der Waals surface area (Å²) in [6.07, 6.45) is 0. The van der Waals surface area contributed by atoms with Crippen LogP contribution < -0.4 is 5.32 Å². The fraction of sp³-hybridized carbons (Fsp3) is 0.250. The molecule has 2 aromatic rings. The largest absolute Gasteiger partial charge is 0.378 e. The molecule has 1 N–H and O–H groups in total. The zero-order chi connectivity index (χ0) is 13.0. The highest BCUT2D eigenvalue weighted by Gasteiger charge is 2.69. The lowest BCUT2D eigenvalue weighted by molar-refractivity contribution is 0.636. The zero-order valence-corrected chi connectivity index (χ0v) is 11.7. The molecular weight excluding hydrogens is 277 g/mol. The average Bonchev–Trinajstić information content (AvgIpc) is 3.03. The zero-order valence-electron chi connectivity index (χ0n) is 10.2. The lowest BCUT2D eigenvalue weighted by atomic mass is 9.93. The molecular formula is C16H13Cl2N. The van der Waals surface area contributed by atoms with E-state index in [1.807, 2.05) is 18.2 Å². The second-order valence-corrected chi connectivity index (χ2v) is 6.74. The third-order valence-electron chi connectivity index (χ3n) is 4.23. The summed E-state index contributed by atoms with van der Waals surface area (Å²) >= 11 is 13.0. The van der Waals surface area contributed by atoms with Crippen LogP contribution in [-0.4, -0.2) is 4.33 Å². The Hall–Kier alpha value is -1.18. The summed E-state index contributed by atoms with van der Waals surface area (Å²) in [5, 5.41) is 3.59. The van der Waals surface area contributed by atoms with Crippen LogP contribution in [0.1, 0.15) is 23.1 Å². The number of alkyl halides is 2. The van der Waals surface area contributed by atoms with Crippen molar-refractivity contribution >= 4 is 28.9 Å². The summed E-state index contributed by atoms with van der Waals surface area (Å²) in [6, 6.07) is 18.9. The van der Waals surface area contributed by atoms with E-state index in [9.17, 15) is 0 Å². The fourth-order valence-electron chi connectivity index (χ4n) is 3.27. The van der Waals surface area contributed by atoms with Crippen molar-refractivity contribution in [2.45, 2.75) is 16.3 Å². The minimum atomic E-state index is -0.653. The van der Waals surface area contributed by atoms with Gasteiger partial charge in [-0.15, -0.1) is 23.2 Å². The van der Waals surface area contributed by atoms with Gasteiger partial charge in [0, 0.05) is 17.5 Å². The van der Waals surface area contributed by atoms with Crippen LogP contribution in [0.2, 0.25) is 0 Å². The van der Waals surface area contributed by atoms with E-state index < -0.39 is 4.33 Å². The number of hydrogen-bond acceptors (Lipinski definition) is 1. The van der Waals surface area contributed by atoms with Crippen LogP contribution in [0.5, 0.6) is 0 Å². The van der Waals surface area contributed by atoms with E-state index in [2.05, 4.69) is 41.7 Å². The van der Waals surface area contributed by atoms with E-state index in [1.54, 1.807) is 0 Å². The standard InChI is InChI=1S/C16H13Cl2N/c17-16(18)13-11-8-4-5-9-12(11)19-15(14(13)16)10-6-2-1-3-7-10/h1-9,13-15,19H. The predicted octanol–water partition coefficient (Wildman–Crippen LogP) is 4.74. The van der Waals surface area contributed by atoms with Crippen molar-refractivity contribution in [3.05, 3.63) is 65.7 Å². The molecule has 1 saturated carbocycles. The minimum Gasteiger partial charge on any atom is -0.378 e. The van der Waals surface area contributed by atoms with Gasteiger partial charge in [0.1, 0.15) is 4.33 Å². The molecule has 0 amide bonds. The van der Waals surface area contributed by atoms with Gasteiger partial charge in [0.25, 0.3) is 0 Å². The number of benzene rings is 2. The van der Waals surface area contributed by atoms with Crippen LogP contribution in [0.4, 0.5) is 5.69 Å². The summed E-state index contributed by atoms with van der Waals surface area (Å²) < 4.78 is -0.653. The Morgan fingerprint density at radius 1 is 0.895 bits per heavy atom. The highest BCUT2D eigenvalue weighted by molar-refractivity contribution is 6.52. The Labute approximate surface area is 122 Å². The van der Waals surface area contributed by atoms with E-state index in [0.29, 0.717) is 0 Å². The summed E-state index contributed by atoms with van der Waals surface area (Å²) in [6.45, 7) is 0. The molecule has 3 atom stereocenters. The second kappa shape index (κ2) is 3.91. The number of para-hydroxylation sites is 1. The topological polar surface area (TPSA) is 12.0 Å². The molecule has 1 heterocycles. The Balaban J connectivity index is 1.81. The summed E-state index contributed by atoms with van der Waals surface area (Å²) in [4.78, 5) is 0. The van der Waals surface area contributed by atoms with E-state index in [4.69, 9.17) is 23.2 Å². The average molecular weight is 290 g/mol. The van der Waals surface area contributed by atoms with Crippen LogP contribution in [0.25, 0.3) is 0 Å². The monoisotopic (exact) mass is 289 g/mol. The van der Waals surface area contributed by atoms with Crippen LogP contribution in [0, 0.1) is 5.92 Å². The van der Waals surface area contributed by atoms with Gasteiger partial charge in [0.05, 0.1) is 6.04 Å². The molecule has 2 aliphatic rings. The van der Waals surface area contributed by atoms with E-state index in [0.717, 1.165) is 5.69 Å². The summed E-state index contributed by atoms with van der Waals surface area (Å²) in [5.74, 6) is 0.478. The van der Waals surface area contributed by atoms with Crippen LogP contribution in [0.3, 0.4) is 0 Å². The smallest absolute Gasteiger partial charge is 0.131 e. The normalized spacial score (nSPS) is 29.9. The molecule has 4 rings (SSSR count). The molecule has 1 aliphatic heterocycles. The van der Waals surface area contributed by atoms with Crippen LogP contribution in [0.15, 0.2) is 54.6 Å². The summed E-state index contributed by atoms with van der Waals surface area (Å²) in [5.41, 5.74) is 3.64. The molecule has 0 bridgehead atoms. The Kier molecular flexibility index (Phi) is 2.39. The molecule has 0 radical (unpaired) electrons. The van der Waals surface area contributed by atoms with Gasteiger partial charge in [-0.2, -0.15) is 0 Å². The van der Waals surface area contributed by atoms with Crippen LogP contribution >= 0.6 is 23.2 Å². The minimum absolute atomic E-state index is 0.191. The maximum atomic E-state index is 6.51. The van der Waals surface area contributed by atoms with Crippen molar-refractivity contribution in [2.75, 3.05) is 5.32 Å². The SMILES string of the molecule is ClC1(Cl)C2c3ccccc3NC(c3ccccc3)C21. The van der Waals surface area contributed by atoms with E-state index >= 15 is 0 Å². The van der Waals surface area contributed by atoms with Gasteiger partial charge in [-0.25, -0.2) is 0 Å². The number of rotatable bonds is 1. The molecule has 2 aromatic carbocycles. The van der Waals surface area contributed by atoms with Crippen molar-refractivity contribution in [3.8, 4) is 0 Å². The second-order valence-electron chi connectivity index (χ2n) is 5.30. The molecule has 1 nitrogen and oxygen atoms in total. The van der Waals surface area contributed by atoms with E-state index in [1.165, 1.54) is 11.1 Å². The quantitative estimate of drug-likeness (QED) is 0.748. The predicted molar refractivity (Wildman–Crippen MR) is 79.9 cm³/mol. The first-order valence-electron chi connectivity index (χ1n) is 6.48. The molecule has 0 aromatic heterocycles. The molecule has 19 heavy (non-hydrogen) atoms. The van der Waals surface area contributed by atoms with Gasteiger partial charge in [0.15, 0.2) is 0 Å². The van der Waals surface area contributed by atoms with E-state index in [-0.39, 0.29) is 17.9 Å². The molecule has 0 spiro atoms. The van der Waals surface area contributed by atoms with Gasteiger partial charge >= 0.3 is 0 Å². The molecule has 1 fully saturated rings. The molecule has 1 aliphatic carbocycles. The number of anilines is 1. The number of hydrogen-bond donors (Lipinski definition) is 1.